The molecule has 1 unspecified atom stereocenters. The Labute approximate surface area is 192 Å². The van der Waals surface area contributed by atoms with E-state index < -0.39 is 43.3 Å². The van der Waals surface area contributed by atoms with E-state index in [0.29, 0.717) is 0 Å². The standard InChI is InChI=1S/C24H44O8/c1-18(31-24-23(30)22(29)21(28)19(17-25)32-24)15-13-11-9-7-5-3-2-4-6-8-10-12-14-16-20(26)27/h2-3,18-19,21-25,28-30H,4-17H2,1H3,(H,26,27)/t18?,19-,21-,22+,23-,24-/m1/s1. The van der Waals surface area contributed by atoms with Crippen LogP contribution in [-0.2, 0) is 14.3 Å². The number of allylic oxidation sites excluding steroid dienone is 2. The number of carboxylic acids is 1. The van der Waals surface area contributed by atoms with E-state index in [1.807, 2.05) is 6.92 Å². The Kier molecular flexibility index (Phi) is 15.8. The van der Waals surface area contributed by atoms with Crippen LogP contribution in [0.15, 0.2) is 12.2 Å². The summed E-state index contributed by atoms with van der Waals surface area (Å²) in [5.41, 5.74) is 0. The molecule has 0 spiro atoms. The molecule has 1 aliphatic rings. The number of rotatable bonds is 18. The number of hydrogen-bond donors (Lipinski definition) is 5. The first-order chi connectivity index (χ1) is 15.4. The van der Waals surface area contributed by atoms with Gasteiger partial charge in [-0.2, -0.15) is 0 Å². The number of carboxylic acid groups (broad SMARTS) is 1. The van der Waals surface area contributed by atoms with Gasteiger partial charge in [0.05, 0.1) is 12.7 Å². The fraction of sp³-hybridized carbons (Fsp3) is 0.875. The first kappa shape index (κ1) is 29.0. The summed E-state index contributed by atoms with van der Waals surface area (Å²) in [4.78, 5) is 10.4. The van der Waals surface area contributed by atoms with Gasteiger partial charge >= 0.3 is 5.97 Å². The SMILES string of the molecule is CC(CCCCCCC=CCCCCCCCC(=O)O)O[C@@H]1O[C@H](CO)[C@@H](O)[C@H](O)[C@H]1O. The van der Waals surface area contributed by atoms with Crippen molar-refractivity contribution in [2.75, 3.05) is 6.61 Å². The van der Waals surface area contributed by atoms with Gasteiger partial charge in [0.15, 0.2) is 6.29 Å². The largest absolute Gasteiger partial charge is 0.481 e. The minimum atomic E-state index is -1.41. The predicted octanol–water partition coefficient (Wildman–Crippen LogP) is 2.90. The molecule has 6 atom stereocenters. The third kappa shape index (κ3) is 12.3. The minimum absolute atomic E-state index is 0.166. The maximum absolute atomic E-state index is 10.4. The summed E-state index contributed by atoms with van der Waals surface area (Å²) < 4.78 is 11.1. The Bertz CT molecular complexity index is 510. The van der Waals surface area contributed by atoms with Crippen molar-refractivity contribution in [2.45, 2.75) is 127 Å². The van der Waals surface area contributed by atoms with Gasteiger partial charge in [0.25, 0.3) is 0 Å². The van der Waals surface area contributed by atoms with Crippen molar-refractivity contribution < 1.29 is 39.8 Å². The van der Waals surface area contributed by atoms with Gasteiger partial charge in [0.1, 0.15) is 24.4 Å². The third-order valence-electron chi connectivity index (χ3n) is 5.87. The van der Waals surface area contributed by atoms with E-state index in [2.05, 4.69) is 12.2 Å². The molecule has 8 nitrogen and oxygen atoms in total. The molecule has 0 aromatic heterocycles. The summed E-state index contributed by atoms with van der Waals surface area (Å²) in [5.74, 6) is -0.705. The number of aliphatic carboxylic acids is 1. The zero-order chi connectivity index (χ0) is 23.8. The van der Waals surface area contributed by atoms with Gasteiger partial charge in [0, 0.05) is 6.42 Å². The molecule has 0 amide bonds. The average molecular weight is 461 g/mol. The molecule has 0 saturated carbocycles. The second-order valence-electron chi connectivity index (χ2n) is 8.81. The lowest BCUT2D eigenvalue weighted by molar-refractivity contribution is -0.310. The van der Waals surface area contributed by atoms with E-state index in [1.165, 1.54) is 0 Å². The molecule has 0 aromatic rings. The molecular formula is C24H44O8. The fourth-order valence-corrected chi connectivity index (χ4v) is 3.83. The van der Waals surface area contributed by atoms with Crippen molar-refractivity contribution >= 4 is 5.97 Å². The number of hydrogen-bond acceptors (Lipinski definition) is 7. The maximum Gasteiger partial charge on any atom is 0.303 e. The van der Waals surface area contributed by atoms with E-state index in [-0.39, 0.29) is 12.5 Å². The summed E-state index contributed by atoms with van der Waals surface area (Å²) in [6.45, 7) is 1.43. The number of ether oxygens (including phenoxy) is 2. The van der Waals surface area contributed by atoms with Crippen molar-refractivity contribution in [3.63, 3.8) is 0 Å². The van der Waals surface area contributed by atoms with Crippen LogP contribution in [0.5, 0.6) is 0 Å². The molecule has 5 N–H and O–H groups in total. The lowest BCUT2D eigenvalue weighted by atomic mass is 9.99. The Hall–Kier alpha value is -1.03. The van der Waals surface area contributed by atoms with Crippen molar-refractivity contribution in [1.82, 2.24) is 0 Å². The van der Waals surface area contributed by atoms with Gasteiger partial charge in [-0.15, -0.1) is 0 Å². The highest BCUT2D eigenvalue weighted by Crippen LogP contribution is 2.24. The van der Waals surface area contributed by atoms with Crippen LogP contribution >= 0.6 is 0 Å². The topological polar surface area (TPSA) is 137 Å². The van der Waals surface area contributed by atoms with Gasteiger partial charge in [-0.1, -0.05) is 50.7 Å². The van der Waals surface area contributed by atoms with Crippen LogP contribution in [0.2, 0.25) is 0 Å². The number of aliphatic hydroxyl groups excluding tert-OH is 4. The number of aliphatic hydroxyl groups is 4. The van der Waals surface area contributed by atoms with E-state index in [1.54, 1.807) is 0 Å². The number of unbranched alkanes of at least 4 members (excludes halogenated alkanes) is 9. The molecular weight excluding hydrogens is 416 g/mol. The molecule has 0 aliphatic carbocycles. The first-order valence-corrected chi connectivity index (χ1v) is 12.2. The molecule has 0 bridgehead atoms. The third-order valence-corrected chi connectivity index (χ3v) is 5.87. The van der Waals surface area contributed by atoms with E-state index in [9.17, 15) is 25.2 Å². The smallest absolute Gasteiger partial charge is 0.303 e. The highest BCUT2D eigenvalue weighted by molar-refractivity contribution is 5.66. The fourth-order valence-electron chi connectivity index (χ4n) is 3.83. The summed E-state index contributed by atoms with van der Waals surface area (Å²) in [7, 11) is 0. The van der Waals surface area contributed by atoms with Gasteiger partial charge < -0.3 is 35.0 Å². The van der Waals surface area contributed by atoms with Crippen molar-refractivity contribution in [1.29, 1.82) is 0 Å². The molecule has 1 rings (SSSR count). The molecule has 1 saturated heterocycles. The highest BCUT2D eigenvalue weighted by atomic mass is 16.7. The van der Waals surface area contributed by atoms with E-state index >= 15 is 0 Å². The first-order valence-electron chi connectivity index (χ1n) is 12.2. The van der Waals surface area contributed by atoms with Crippen molar-refractivity contribution in [3.05, 3.63) is 12.2 Å². The molecule has 0 radical (unpaired) electrons. The lowest BCUT2D eigenvalue weighted by Crippen LogP contribution is -2.59. The second-order valence-corrected chi connectivity index (χ2v) is 8.81. The van der Waals surface area contributed by atoms with Gasteiger partial charge in [-0.3, -0.25) is 4.79 Å². The Morgan fingerprint density at radius 1 is 0.875 bits per heavy atom. The van der Waals surface area contributed by atoms with E-state index in [0.717, 1.165) is 77.0 Å². The molecule has 0 aromatic carbocycles. The minimum Gasteiger partial charge on any atom is -0.481 e. The van der Waals surface area contributed by atoms with Gasteiger partial charge in [0.2, 0.25) is 0 Å². The van der Waals surface area contributed by atoms with Crippen LogP contribution in [0.25, 0.3) is 0 Å². The molecule has 1 fully saturated rings. The Balaban J connectivity index is 1.98. The summed E-state index contributed by atoms with van der Waals surface area (Å²) >= 11 is 0. The van der Waals surface area contributed by atoms with E-state index in [4.69, 9.17) is 14.6 Å². The zero-order valence-corrected chi connectivity index (χ0v) is 19.5. The molecule has 32 heavy (non-hydrogen) atoms. The Morgan fingerprint density at radius 2 is 1.44 bits per heavy atom. The van der Waals surface area contributed by atoms with Crippen LogP contribution in [0, 0.1) is 0 Å². The lowest BCUT2D eigenvalue weighted by Gasteiger charge is -2.40. The zero-order valence-electron chi connectivity index (χ0n) is 19.5. The average Bonchev–Trinajstić information content (AvgIpc) is 2.76. The molecule has 1 aliphatic heterocycles. The van der Waals surface area contributed by atoms with Crippen LogP contribution in [0.1, 0.15) is 90.4 Å². The molecule has 8 heteroatoms. The Morgan fingerprint density at radius 3 is 2.03 bits per heavy atom. The van der Waals surface area contributed by atoms with Crippen LogP contribution < -0.4 is 0 Å². The van der Waals surface area contributed by atoms with Crippen molar-refractivity contribution in [2.24, 2.45) is 0 Å². The van der Waals surface area contributed by atoms with Crippen LogP contribution in [-0.4, -0.2) is 74.9 Å². The molecule has 188 valence electrons. The maximum atomic E-state index is 10.4. The monoisotopic (exact) mass is 460 g/mol. The molecule has 1 heterocycles. The second kappa shape index (κ2) is 17.4. The normalized spacial score (nSPS) is 27.1. The predicted molar refractivity (Wildman–Crippen MR) is 121 cm³/mol. The highest BCUT2D eigenvalue weighted by Gasteiger charge is 2.44. The van der Waals surface area contributed by atoms with Crippen LogP contribution in [0.3, 0.4) is 0 Å². The van der Waals surface area contributed by atoms with Gasteiger partial charge in [-0.05, 0) is 45.4 Å². The summed E-state index contributed by atoms with van der Waals surface area (Å²) in [5, 5.41) is 47.4. The van der Waals surface area contributed by atoms with Gasteiger partial charge in [-0.25, -0.2) is 0 Å². The quantitative estimate of drug-likeness (QED) is 0.156. The van der Waals surface area contributed by atoms with Crippen LogP contribution in [0.4, 0.5) is 0 Å². The summed E-state index contributed by atoms with van der Waals surface area (Å²) in [6.07, 6.45) is 11.0. The van der Waals surface area contributed by atoms with Crippen molar-refractivity contribution in [3.8, 4) is 0 Å². The number of carbonyl (C=O) groups is 1. The summed E-state index contributed by atoms with van der Waals surface area (Å²) in [6, 6.07) is 0.